The lowest BCUT2D eigenvalue weighted by molar-refractivity contribution is -0.173. The number of ether oxygens (including phenoxy) is 1. The third-order valence-corrected chi connectivity index (χ3v) is 0.791. The Morgan fingerprint density at radius 3 is 2.25 bits per heavy atom. The van der Waals surface area contributed by atoms with Crippen molar-refractivity contribution in [2.45, 2.75) is 19.2 Å². The number of esters is 1. The Morgan fingerprint density at radius 2 is 1.92 bits per heavy atom. The van der Waals surface area contributed by atoms with E-state index >= 15 is 0 Å². The molecule has 7 heteroatoms. The molecule has 1 atom stereocenters. The molecule has 0 aliphatic heterocycles. The van der Waals surface area contributed by atoms with Crippen molar-refractivity contribution in [3.63, 3.8) is 0 Å². The smallest absolute Gasteiger partial charge is 0.309 e. The molecule has 12 heavy (non-hydrogen) atoms. The van der Waals surface area contributed by atoms with Gasteiger partial charge in [-0.1, -0.05) is 0 Å². The molecule has 0 aromatic heterocycles. The summed E-state index contributed by atoms with van der Waals surface area (Å²) in [4.78, 5) is 10.3. The molecule has 0 aromatic rings. The van der Waals surface area contributed by atoms with Gasteiger partial charge in [-0.05, 0) is 0 Å². The molecule has 3 nitrogen and oxygen atoms in total. The predicted octanol–water partition coefficient (Wildman–Crippen LogP) is 0.861. The maximum Gasteiger partial charge on any atom is 0.309 e. The fraction of sp³-hybridized carbons (Fsp3) is 0.800. The number of alkyl halides is 3. The van der Waals surface area contributed by atoms with Crippen molar-refractivity contribution < 1.29 is 22.7 Å². The Balaban J connectivity index is 0. The van der Waals surface area contributed by atoms with Gasteiger partial charge in [-0.3, -0.25) is 4.79 Å². The highest BCUT2D eigenvalue weighted by Crippen LogP contribution is 2.07. The van der Waals surface area contributed by atoms with Crippen molar-refractivity contribution in [3.05, 3.63) is 0 Å². The number of carbonyl (C=O) groups is 1. The molecule has 0 radical (unpaired) electrons. The van der Waals surface area contributed by atoms with Crippen LogP contribution in [0.3, 0.4) is 0 Å². The summed E-state index contributed by atoms with van der Waals surface area (Å²) < 4.78 is 38.2. The first-order valence-electron chi connectivity index (χ1n) is 2.89. The highest BCUT2D eigenvalue weighted by molar-refractivity contribution is 5.85. The molecular formula is C5H9ClF3NO2. The van der Waals surface area contributed by atoms with Crippen LogP contribution in [-0.4, -0.2) is 25.3 Å². The van der Waals surface area contributed by atoms with Gasteiger partial charge >= 0.3 is 18.8 Å². The third-order valence-electron chi connectivity index (χ3n) is 0.791. The lowest BCUT2D eigenvalue weighted by atomic mass is 10.4. The third kappa shape index (κ3) is 6.23. The molecule has 0 saturated carbocycles. The molecule has 0 aromatic carbocycles. The molecule has 0 aliphatic carbocycles. The van der Waals surface area contributed by atoms with Crippen LogP contribution < -0.4 is 5.73 Å². The minimum absolute atomic E-state index is 0. The first-order chi connectivity index (χ1) is 5.07. The zero-order valence-electron chi connectivity index (χ0n) is 6.00. The maximum atomic E-state index is 11.9. The first kappa shape index (κ1) is 14.1. The summed E-state index contributed by atoms with van der Waals surface area (Å²) in [6.07, 6.45) is -6.39. The fourth-order valence-electron chi connectivity index (χ4n) is 0.354. The van der Waals surface area contributed by atoms with E-state index in [1.807, 2.05) is 0 Å². The van der Waals surface area contributed by atoms with E-state index in [2.05, 4.69) is 4.74 Å². The van der Waals surface area contributed by atoms with Crippen molar-refractivity contribution in [2.24, 2.45) is 5.73 Å². The molecule has 0 fully saturated rings. The molecule has 0 heterocycles. The monoisotopic (exact) mass is 207 g/mol. The van der Waals surface area contributed by atoms with E-state index in [-0.39, 0.29) is 25.4 Å². The normalized spacial score (nSPS) is 12.1. The van der Waals surface area contributed by atoms with Gasteiger partial charge in [0.15, 0.2) is 0 Å². The molecular weight excluding hydrogens is 199 g/mol. The Morgan fingerprint density at radius 1 is 1.42 bits per heavy atom. The van der Waals surface area contributed by atoms with Gasteiger partial charge < -0.3 is 10.5 Å². The summed E-state index contributed by atoms with van der Waals surface area (Å²) >= 11 is 0. The number of halogens is 4. The van der Waals surface area contributed by atoms with Crippen molar-refractivity contribution in [1.82, 2.24) is 0 Å². The second kappa shape index (κ2) is 7.17. The molecule has 0 saturated heterocycles. The SMILES string of the molecule is Cl.NCCC(=O)OC(F)C(F)F. The van der Waals surface area contributed by atoms with Crippen LogP contribution in [0.25, 0.3) is 0 Å². The molecule has 0 amide bonds. The van der Waals surface area contributed by atoms with Crippen LogP contribution in [-0.2, 0) is 9.53 Å². The lowest BCUT2D eigenvalue weighted by Crippen LogP contribution is -2.22. The summed E-state index contributed by atoms with van der Waals surface area (Å²) in [6, 6.07) is 0. The second-order valence-corrected chi connectivity index (χ2v) is 1.71. The molecule has 0 spiro atoms. The standard InChI is InChI=1S/C5H8F3NO2.ClH/c6-4(7)5(8)11-3(10)1-2-9;/h4-5H,1-2,9H2;1H. The minimum atomic E-state index is -3.29. The Bertz CT molecular complexity index is 136. The van der Waals surface area contributed by atoms with Crippen LogP contribution in [0.15, 0.2) is 0 Å². The quantitative estimate of drug-likeness (QED) is 0.696. The van der Waals surface area contributed by atoms with Gasteiger partial charge in [0, 0.05) is 6.54 Å². The number of rotatable bonds is 4. The molecule has 0 aliphatic rings. The van der Waals surface area contributed by atoms with Gasteiger partial charge in [-0.2, -0.15) is 4.39 Å². The Labute approximate surface area is 73.5 Å². The lowest BCUT2D eigenvalue weighted by Gasteiger charge is -2.07. The van der Waals surface area contributed by atoms with Gasteiger partial charge in [-0.25, -0.2) is 8.78 Å². The van der Waals surface area contributed by atoms with Gasteiger partial charge in [0.1, 0.15) is 0 Å². The van der Waals surface area contributed by atoms with Crippen molar-refractivity contribution >= 4 is 18.4 Å². The summed E-state index contributed by atoms with van der Waals surface area (Å²) in [6.45, 7) is -0.0468. The molecule has 0 rings (SSSR count). The van der Waals surface area contributed by atoms with E-state index in [0.717, 1.165) is 0 Å². The van der Waals surface area contributed by atoms with Crippen LogP contribution in [0.5, 0.6) is 0 Å². The molecule has 1 unspecified atom stereocenters. The highest BCUT2D eigenvalue weighted by atomic mass is 35.5. The summed E-state index contributed by atoms with van der Waals surface area (Å²) in [7, 11) is 0. The highest BCUT2D eigenvalue weighted by Gasteiger charge is 2.22. The van der Waals surface area contributed by atoms with Crippen molar-refractivity contribution in [1.29, 1.82) is 0 Å². The van der Waals surface area contributed by atoms with E-state index in [9.17, 15) is 18.0 Å². The van der Waals surface area contributed by atoms with E-state index in [4.69, 9.17) is 5.73 Å². The van der Waals surface area contributed by atoms with Gasteiger partial charge in [0.05, 0.1) is 6.42 Å². The van der Waals surface area contributed by atoms with Gasteiger partial charge in [0.25, 0.3) is 0 Å². The summed E-state index contributed by atoms with van der Waals surface area (Å²) in [5, 5.41) is 0. The van der Waals surface area contributed by atoms with E-state index in [0.29, 0.717) is 0 Å². The average Bonchev–Trinajstić information content (AvgIpc) is 1.87. The first-order valence-corrected chi connectivity index (χ1v) is 2.89. The summed E-state index contributed by atoms with van der Waals surface area (Å²) in [5.74, 6) is -1.06. The van der Waals surface area contributed by atoms with E-state index < -0.39 is 18.8 Å². The molecule has 0 bridgehead atoms. The Hall–Kier alpha value is -0.490. The van der Waals surface area contributed by atoms with Crippen LogP contribution in [0.4, 0.5) is 13.2 Å². The second-order valence-electron chi connectivity index (χ2n) is 1.71. The zero-order valence-corrected chi connectivity index (χ0v) is 6.82. The number of carbonyl (C=O) groups excluding carboxylic acids is 1. The van der Waals surface area contributed by atoms with E-state index in [1.165, 1.54) is 0 Å². The number of hydrogen-bond donors (Lipinski definition) is 1. The van der Waals surface area contributed by atoms with Crippen LogP contribution in [0.1, 0.15) is 6.42 Å². The number of hydrogen-bond acceptors (Lipinski definition) is 3. The maximum absolute atomic E-state index is 11.9. The van der Waals surface area contributed by atoms with Crippen molar-refractivity contribution in [2.75, 3.05) is 6.54 Å². The van der Waals surface area contributed by atoms with Crippen LogP contribution in [0, 0.1) is 0 Å². The van der Waals surface area contributed by atoms with Crippen LogP contribution in [0.2, 0.25) is 0 Å². The van der Waals surface area contributed by atoms with Gasteiger partial charge in [0.2, 0.25) is 0 Å². The Kier molecular flexibility index (Phi) is 8.41. The minimum Gasteiger partial charge on any atom is -0.425 e. The zero-order chi connectivity index (χ0) is 8.85. The molecule has 74 valence electrons. The summed E-state index contributed by atoms with van der Waals surface area (Å²) in [5.41, 5.74) is 4.87. The molecule has 2 N–H and O–H groups in total. The topological polar surface area (TPSA) is 52.3 Å². The average molecular weight is 208 g/mol. The predicted molar refractivity (Wildman–Crippen MR) is 37.9 cm³/mol. The van der Waals surface area contributed by atoms with E-state index in [1.54, 1.807) is 0 Å². The van der Waals surface area contributed by atoms with Crippen LogP contribution >= 0.6 is 12.4 Å². The van der Waals surface area contributed by atoms with Crippen molar-refractivity contribution in [3.8, 4) is 0 Å². The number of nitrogens with two attached hydrogens (primary N) is 1. The largest absolute Gasteiger partial charge is 0.425 e. The fourth-order valence-corrected chi connectivity index (χ4v) is 0.354. The van der Waals surface area contributed by atoms with Gasteiger partial charge in [-0.15, -0.1) is 12.4 Å².